The van der Waals surface area contributed by atoms with Gasteiger partial charge in [-0.15, -0.1) is 0 Å². The molecule has 1 aliphatic heterocycles. The lowest BCUT2D eigenvalue weighted by Gasteiger charge is -2.29. The Labute approximate surface area is 145 Å². The Bertz CT molecular complexity index is 893. The van der Waals surface area contributed by atoms with Crippen LogP contribution in [0.15, 0.2) is 48.8 Å². The van der Waals surface area contributed by atoms with Crippen molar-refractivity contribution in [1.82, 2.24) is 19.3 Å². The highest BCUT2D eigenvalue weighted by Crippen LogP contribution is 2.27. The number of nitrogens with one attached hydrogen (secondary N) is 1. The summed E-state index contributed by atoms with van der Waals surface area (Å²) in [5.74, 6) is 0.436. The molecule has 3 aromatic rings. The van der Waals surface area contributed by atoms with Gasteiger partial charge in [0.15, 0.2) is 0 Å². The molecule has 7 heteroatoms. The lowest BCUT2D eigenvalue weighted by Crippen LogP contribution is -2.46. The van der Waals surface area contributed by atoms with Gasteiger partial charge < -0.3 is 15.0 Å². The molecule has 0 saturated carbocycles. The van der Waals surface area contributed by atoms with Crippen molar-refractivity contribution in [3.8, 4) is 11.4 Å². The van der Waals surface area contributed by atoms with Crippen LogP contribution in [0.5, 0.6) is 0 Å². The summed E-state index contributed by atoms with van der Waals surface area (Å²) in [5, 5.41) is 2.99. The van der Waals surface area contributed by atoms with Crippen LogP contribution in [0.3, 0.4) is 0 Å². The van der Waals surface area contributed by atoms with Crippen LogP contribution in [-0.2, 0) is 9.53 Å². The zero-order valence-electron chi connectivity index (χ0n) is 13.9. The molecular weight excluding hydrogens is 318 g/mol. The Morgan fingerprint density at radius 1 is 1.28 bits per heavy atom. The number of pyridine rings is 2. The average molecular weight is 337 g/mol. The van der Waals surface area contributed by atoms with Crippen LogP contribution < -0.4 is 5.32 Å². The van der Waals surface area contributed by atoms with Crippen LogP contribution in [0.4, 0.5) is 5.82 Å². The van der Waals surface area contributed by atoms with E-state index >= 15 is 0 Å². The predicted octanol–water partition coefficient (Wildman–Crippen LogP) is 1.67. The topological polar surface area (TPSA) is 71.8 Å². The zero-order chi connectivity index (χ0) is 17.2. The normalized spacial score (nSPS) is 18.4. The van der Waals surface area contributed by atoms with E-state index in [1.54, 1.807) is 6.20 Å². The van der Waals surface area contributed by atoms with Crippen LogP contribution >= 0.6 is 0 Å². The average Bonchev–Trinajstić information content (AvgIpc) is 3.01. The van der Waals surface area contributed by atoms with Crippen molar-refractivity contribution >= 4 is 17.4 Å². The Kier molecular flexibility index (Phi) is 4.17. The van der Waals surface area contributed by atoms with E-state index in [0.717, 1.165) is 12.2 Å². The highest BCUT2D eigenvalue weighted by molar-refractivity contribution is 5.97. The lowest BCUT2D eigenvalue weighted by atomic mass is 10.2. The molecule has 1 fully saturated rings. The first-order valence-electron chi connectivity index (χ1n) is 8.22. The maximum Gasteiger partial charge on any atom is 0.256 e. The molecular formula is C18H19N5O2. The van der Waals surface area contributed by atoms with E-state index in [9.17, 15) is 4.79 Å². The Hall–Kier alpha value is -2.77. The van der Waals surface area contributed by atoms with E-state index in [-0.39, 0.29) is 5.91 Å². The molecule has 1 atom stereocenters. The molecule has 128 valence electrons. The van der Waals surface area contributed by atoms with Crippen molar-refractivity contribution in [1.29, 1.82) is 0 Å². The largest absolute Gasteiger partial charge is 0.366 e. The minimum atomic E-state index is -0.496. The number of likely N-dealkylation sites (N-methyl/N-ethyl adjacent to an activating group) is 1. The number of hydrogen-bond acceptors (Lipinski definition) is 5. The fraction of sp³-hybridized carbons (Fsp3) is 0.278. The van der Waals surface area contributed by atoms with E-state index in [0.29, 0.717) is 30.4 Å². The molecule has 0 aromatic carbocycles. The summed E-state index contributed by atoms with van der Waals surface area (Å²) in [6.45, 7) is 1.95. The molecule has 1 saturated heterocycles. The number of hydrogen-bond donors (Lipinski definition) is 1. The SMILES string of the molecule is CN1CCOC(C(=O)Nc2c(-c3ccccn3)nc3ccccn23)C1. The minimum absolute atomic E-state index is 0.172. The van der Waals surface area contributed by atoms with Crippen molar-refractivity contribution in [2.24, 2.45) is 0 Å². The van der Waals surface area contributed by atoms with Gasteiger partial charge >= 0.3 is 0 Å². The quantitative estimate of drug-likeness (QED) is 0.787. The van der Waals surface area contributed by atoms with Crippen LogP contribution in [0.1, 0.15) is 0 Å². The second-order valence-corrected chi connectivity index (χ2v) is 6.06. The number of anilines is 1. The summed E-state index contributed by atoms with van der Waals surface area (Å²) in [4.78, 5) is 23.8. The number of ether oxygens (including phenoxy) is 1. The number of fused-ring (bicyclic) bond motifs is 1. The molecule has 0 aliphatic carbocycles. The van der Waals surface area contributed by atoms with Crippen LogP contribution in [0.25, 0.3) is 17.0 Å². The zero-order valence-corrected chi connectivity index (χ0v) is 13.9. The standard InChI is InChI=1S/C18H19N5O2/c1-22-10-11-25-14(12-22)18(24)21-17-16(13-6-2-4-8-19-13)20-15-7-3-5-9-23(15)17/h2-9,14H,10-12H2,1H3,(H,21,24). The molecule has 4 heterocycles. The summed E-state index contributed by atoms with van der Waals surface area (Å²) in [6.07, 6.45) is 3.09. The summed E-state index contributed by atoms with van der Waals surface area (Å²) >= 11 is 0. The first-order valence-corrected chi connectivity index (χ1v) is 8.22. The van der Waals surface area contributed by atoms with E-state index in [2.05, 4.69) is 20.2 Å². The molecule has 3 aromatic heterocycles. The van der Waals surface area contributed by atoms with Crippen molar-refractivity contribution in [2.75, 3.05) is 32.1 Å². The van der Waals surface area contributed by atoms with E-state index < -0.39 is 6.10 Å². The second kappa shape index (κ2) is 6.62. The third-order valence-electron chi connectivity index (χ3n) is 4.24. The Morgan fingerprint density at radius 2 is 2.16 bits per heavy atom. The number of morpholine rings is 1. The monoisotopic (exact) mass is 337 g/mol. The highest BCUT2D eigenvalue weighted by atomic mass is 16.5. The van der Waals surface area contributed by atoms with E-state index in [4.69, 9.17) is 4.74 Å². The molecule has 1 unspecified atom stereocenters. The van der Waals surface area contributed by atoms with Gasteiger partial charge in [-0.25, -0.2) is 4.98 Å². The van der Waals surface area contributed by atoms with Gasteiger partial charge in [0.25, 0.3) is 5.91 Å². The number of aromatic nitrogens is 3. The minimum Gasteiger partial charge on any atom is -0.366 e. The predicted molar refractivity (Wildman–Crippen MR) is 94.3 cm³/mol. The number of imidazole rings is 1. The first-order chi connectivity index (χ1) is 12.2. The van der Waals surface area contributed by atoms with Crippen molar-refractivity contribution in [2.45, 2.75) is 6.10 Å². The third kappa shape index (κ3) is 3.11. The van der Waals surface area contributed by atoms with Gasteiger partial charge in [-0.2, -0.15) is 0 Å². The molecule has 0 bridgehead atoms. The van der Waals surface area contributed by atoms with E-state index in [1.165, 1.54) is 0 Å². The first kappa shape index (κ1) is 15.7. The number of carbonyl (C=O) groups is 1. The molecule has 25 heavy (non-hydrogen) atoms. The summed E-state index contributed by atoms with van der Waals surface area (Å²) < 4.78 is 7.47. The van der Waals surface area contributed by atoms with Gasteiger partial charge in [-0.3, -0.25) is 14.2 Å². The fourth-order valence-electron chi connectivity index (χ4n) is 2.93. The van der Waals surface area contributed by atoms with Crippen molar-refractivity contribution in [3.05, 3.63) is 48.8 Å². The molecule has 1 amide bonds. The Morgan fingerprint density at radius 3 is 2.96 bits per heavy atom. The molecule has 1 N–H and O–H groups in total. The second-order valence-electron chi connectivity index (χ2n) is 6.06. The van der Waals surface area contributed by atoms with Crippen molar-refractivity contribution in [3.63, 3.8) is 0 Å². The maximum absolute atomic E-state index is 12.7. The van der Waals surface area contributed by atoms with Gasteiger partial charge in [0.1, 0.15) is 23.3 Å². The summed E-state index contributed by atoms with van der Waals surface area (Å²) in [5.41, 5.74) is 2.10. The van der Waals surface area contributed by atoms with Gasteiger partial charge in [-0.05, 0) is 31.3 Å². The molecule has 4 rings (SSSR count). The van der Waals surface area contributed by atoms with Crippen LogP contribution in [0, 0.1) is 0 Å². The smallest absolute Gasteiger partial charge is 0.256 e. The number of carbonyl (C=O) groups excluding carboxylic acids is 1. The number of rotatable bonds is 3. The van der Waals surface area contributed by atoms with Gasteiger partial charge in [0.05, 0.1) is 12.3 Å². The van der Waals surface area contributed by atoms with Crippen LogP contribution in [-0.4, -0.2) is 58.0 Å². The highest BCUT2D eigenvalue weighted by Gasteiger charge is 2.27. The summed E-state index contributed by atoms with van der Waals surface area (Å²) in [6, 6.07) is 11.3. The van der Waals surface area contributed by atoms with E-state index in [1.807, 2.05) is 54.0 Å². The Balaban J connectivity index is 1.71. The molecule has 1 aliphatic rings. The fourth-order valence-corrected chi connectivity index (χ4v) is 2.93. The number of nitrogens with zero attached hydrogens (tertiary/aromatic N) is 4. The maximum atomic E-state index is 12.7. The summed E-state index contributed by atoms with van der Waals surface area (Å²) in [7, 11) is 1.98. The lowest BCUT2D eigenvalue weighted by molar-refractivity contribution is -0.132. The molecule has 0 radical (unpaired) electrons. The van der Waals surface area contributed by atoms with Gasteiger partial charge in [0.2, 0.25) is 0 Å². The van der Waals surface area contributed by atoms with Gasteiger partial charge in [-0.1, -0.05) is 12.1 Å². The van der Waals surface area contributed by atoms with Crippen LogP contribution in [0.2, 0.25) is 0 Å². The van der Waals surface area contributed by atoms with Gasteiger partial charge in [0, 0.05) is 25.5 Å². The molecule has 0 spiro atoms. The van der Waals surface area contributed by atoms with Crippen molar-refractivity contribution < 1.29 is 9.53 Å². The third-order valence-corrected chi connectivity index (χ3v) is 4.24. The number of amides is 1. The molecule has 7 nitrogen and oxygen atoms in total.